The van der Waals surface area contributed by atoms with Crippen LogP contribution in [0.5, 0.6) is 0 Å². The standard InChI is InChI=1S/C14H12ClN3O3/c1-9-12(3-2-4-13(9)18(20)21)17-14(19)16-11-7-5-10(15)6-8-11/h2-8H,1H3,(H2,16,17,19). The highest BCUT2D eigenvalue weighted by molar-refractivity contribution is 6.30. The average Bonchev–Trinajstić information content (AvgIpc) is 2.43. The summed E-state index contributed by atoms with van der Waals surface area (Å²) in [5.41, 5.74) is 1.31. The van der Waals surface area contributed by atoms with Crippen LogP contribution in [0.2, 0.25) is 5.02 Å². The number of rotatable bonds is 3. The lowest BCUT2D eigenvalue weighted by Crippen LogP contribution is -2.20. The van der Waals surface area contributed by atoms with E-state index < -0.39 is 11.0 Å². The molecule has 0 unspecified atom stereocenters. The molecule has 6 nitrogen and oxygen atoms in total. The Labute approximate surface area is 125 Å². The molecule has 2 aromatic rings. The number of urea groups is 1. The summed E-state index contributed by atoms with van der Waals surface area (Å²) in [5.74, 6) is 0. The van der Waals surface area contributed by atoms with Gasteiger partial charge in [-0.2, -0.15) is 0 Å². The molecule has 108 valence electrons. The molecule has 0 saturated carbocycles. The van der Waals surface area contributed by atoms with Gasteiger partial charge in [-0.15, -0.1) is 0 Å². The van der Waals surface area contributed by atoms with Crippen LogP contribution in [0.1, 0.15) is 5.56 Å². The highest BCUT2D eigenvalue weighted by atomic mass is 35.5. The molecule has 0 atom stereocenters. The second kappa shape index (κ2) is 6.23. The van der Waals surface area contributed by atoms with Crippen LogP contribution in [0.4, 0.5) is 21.9 Å². The van der Waals surface area contributed by atoms with Gasteiger partial charge in [0, 0.05) is 16.8 Å². The molecule has 2 aromatic carbocycles. The molecule has 0 fully saturated rings. The lowest BCUT2D eigenvalue weighted by molar-refractivity contribution is -0.385. The SMILES string of the molecule is Cc1c(NC(=O)Nc2ccc(Cl)cc2)cccc1[N+](=O)[O-]. The number of carbonyl (C=O) groups is 1. The Hall–Kier alpha value is -2.60. The second-order valence-electron chi connectivity index (χ2n) is 4.29. The number of carbonyl (C=O) groups excluding carboxylic acids is 1. The van der Waals surface area contributed by atoms with Crippen molar-refractivity contribution in [3.05, 3.63) is 63.2 Å². The van der Waals surface area contributed by atoms with Gasteiger partial charge in [-0.1, -0.05) is 17.7 Å². The highest BCUT2D eigenvalue weighted by Gasteiger charge is 2.14. The minimum Gasteiger partial charge on any atom is -0.308 e. The zero-order valence-corrected chi connectivity index (χ0v) is 11.8. The topological polar surface area (TPSA) is 84.3 Å². The largest absolute Gasteiger partial charge is 0.323 e. The van der Waals surface area contributed by atoms with Crippen molar-refractivity contribution in [2.24, 2.45) is 0 Å². The first-order valence-corrected chi connectivity index (χ1v) is 6.43. The quantitative estimate of drug-likeness (QED) is 0.658. The number of nitro groups is 1. The lowest BCUT2D eigenvalue weighted by Gasteiger charge is -2.10. The van der Waals surface area contributed by atoms with Gasteiger partial charge in [0.15, 0.2) is 0 Å². The van der Waals surface area contributed by atoms with Crippen molar-refractivity contribution in [1.29, 1.82) is 0 Å². The molecule has 0 aromatic heterocycles. The fourth-order valence-electron chi connectivity index (χ4n) is 1.77. The first-order valence-electron chi connectivity index (χ1n) is 6.05. The summed E-state index contributed by atoms with van der Waals surface area (Å²) >= 11 is 5.75. The van der Waals surface area contributed by atoms with Crippen LogP contribution < -0.4 is 10.6 Å². The number of hydrogen-bond acceptors (Lipinski definition) is 3. The van der Waals surface area contributed by atoms with Crippen LogP contribution in [0.15, 0.2) is 42.5 Å². The third-order valence-electron chi connectivity index (χ3n) is 2.85. The fourth-order valence-corrected chi connectivity index (χ4v) is 1.90. The summed E-state index contributed by atoms with van der Waals surface area (Å²) in [6.45, 7) is 1.58. The monoisotopic (exact) mass is 305 g/mol. The van der Waals surface area contributed by atoms with Gasteiger partial charge in [0.05, 0.1) is 16.2 Å². The molecule has 0 heterocycles. The number of nitrogens with one attached hydrogen (secondary N) is 2. The first-order chi connectivity index (χ1) is 9.97. The maximum atomic E-state index is 11.9. The third kappa shape index (κ3) is 3.70. The normalized spacial score (nSPS) is 10.0. The van der Waals surface area contributed by atoms with E-state index in [0.717, 1.165) is 0 Å². The maximum Gasteiger partial charge on any atom is 0.323 e. The predicted octanol–water partition coefficient (Wildman–Crippen LogP) is 4.20. The van der Waals surface area contributed by atoms with E-state index in [0.29, 0.717) is 22.0 Å². The van der Waals surface area contributed by atoms with Crippen molar-refractivity contribution in [2.75, 3.05) is 10.6 Å². The van der Waals surface area contributed by atoms with Gasteiger partial charge in [-0.3, -0.25) is 10.1 Å². The minimum atomic E-state index is -0.488. The van der Waals surface area contributed by atoms with Crippen molar-refractivity contribution >= 4 is 34.7 Å². The molecule has 7 heteroatoms. The zero-order chi connectivity index (χ0) is 15.4. The van der Waals surface area contributed by atoms with E-state index in [1.165, 1.54) is 12.1 Å². The molecule has 0 spiro atoms. The van der Waals surface area contributed by atoms with Gasteiger partial charge in [-0.25, -0.2) is 4.79 Å². The molecule has 0 bridgehead atoms. The Bertz CT molecular complexity index is 686. The molecule has 0 radical (unpaired) electrons. The second-order valence-corrected chi connectivity index (χ2v) is 4.73. The van der Waals surface area contributed by atoms with Crippen LogP contribution >= 0.6 is 11.6 Å². The third-order valence-corrected chi connectivity index (χ3v) is 3.10. The van der Waals surface area contributed by atoms with Gasteiger partial charge < -0.3 is 10.6 Å². The van der Waals surface area contributed by atoms with Crippen LogP contribution in [0.3, 0.4) is 0 Å². The molecule has 2 amide bonds. The number of amides is 2. The Morgan fingerprint density at radius 1 is 1.14 bits per heavy atom. The number of halogens is 1. The molecule has 21 heavy (non-hydrogen) atoms. The average molecular weight is 306 g/mol. The summed E-state index contributed by atoms with van der Waals surface area (Å²) in [4.78, 5) is 22.2. The summed E-state index contributed by atoms with van der Waals surface area (Å²) in [7, 11) is 0. The Morgan fingerprint density at radius 3 is 2.43 bits per heavy atom. The summed E-state index contributed by atoms with van der Waals surface area (Å²) < 4.78 is 0. The first kappa shape index (κ1) is 14.8. The fraction of sp³-hybridized carbons (Fsp3) is 0.0714. The van der Waals surface area contributed by atoms with E-state index in [4.69, 9.17) is 11.6 Å². The lowest BCUT2D eigenvalue weighted by atomic mass is 10.1. The van der Waals surface area contributed by atoms with Gasteiger partial charge in [0.25, 0.3) is 5.69 Å². The van der Waals surface area contributed by atoms with Crippen molar-refractivity contribution in [2.45, 2.75) is 6.92 Å². The molecular formula is C14H12ClN3O3. The number of benzene rings is 2. The van der Waals surface area contributed by atoms with E-state index in [2.05, 4.69) is 10.6 Å². The van der Waals surface area contributed by atoms with E-state index in [9.17, 15) is 14.9 Å². The van der Waals surface area contributed by atoms with Crippen LogP contribution in [0, 0.1) is 17.0 Å². The van der Waals surface area contributed by atoms with Crippen molar-refractivity contribution in [3.8, 4) is 0 Å². The molecule has 2 rings (SSSR count). The molecule has 2 N–H and O–H groups in total. The summed E-state index contributed by atoms with van der Waals surface area (Å²) in [5, 5.41) is 16.6. The van der Waals surface area contributed by atoms with Crippen LogP contribution in [-0.2, 0) is 0 Å². The Morgan fingerprint density at radius 2 is 1.81 bits per heavy atom. The highest BCUT2D eigenvalue weighted by Crippen LogP contribution is 2.25. The Balaban J connectivity index is 2.11. The van der Waals surface area contributed by atoms with Crippen molar-refractivity contribution < 1.29 is 9.72 Å². The summed E-state index contributed by atoms with van der Waals surface area (Å²) in [6.07, 6.45) is 0. The molecule has 0 aliphatic rings. The van der Waals surface area contributed by atoms with Gasteiger partial charge in [0.1, 0.15) is 0 Å². The molecule has 0 saturated heterocycles. The van der Waals surface area contributed by atoms with E-state index in [1.807, 2.05) is 0 Å². The smallest absolute Gasteiger partial charge is 0.308 e. The number of nitro benzene ring substituents is 1. The van der Waals surface area contributed by atoms with Crippen LogP contribution in [-0.4, -0.2) is 11.0 Å². The van der Waals surface area contributed by atoms with Crippen LogP contribution in [0.25, 0.3) is 0 Å². The van der Waals surface area contributed by atoms with E-state index >= 15 is 0 Å². The van der Waals surface area contributed by atoms with Gasteiger partial charge in [-0.05, 0) is 37.3 Å². The maximum absolute atomic E-state index is 11.9. The van der Waals surface area contributed by atoms with E-state index in [1.54, 1.807) is 37.3 Å². The van der Waals surface area contributed by atoms with Crippen molar-refractivity contribution in [3.63, 3.8) is 0 Å². The molecule has 0 aliphatic heterocycles. The van der Waals surface area contributed by atoms with E-state index in [-0.39, 0.29) is 5.69 Å². The number of nitrogens with zero attached hydrogens (tertiary/aromatic N) is 1. The number of anilines is 2. The molecular weight excluding hydrogens is 294 g/mol. The van der Waals surface area contributed by atoms with Gasteiger partial charge in [0.2, 0.25) is 0 Å². The summed E-state index contributed by atoms with van der Waals surface area (Å²) in [6, 6.07) is 10.6. The zero-order valence-electron chi connectivity index (χ0n) is 11.1. The van der Waals surface area contributed by atoms with Gasteiger partial charge >= 0.3 is 6.03 Å². The predicted molar refractivity (Wildman–Crippen MR) is 81.9 cm³/mol. The van der Waals surface area contributed by atoms with Crippen molar-refractivity contribution in [1.82, 2.24) is 0 Å². The minimum absolute atomic E-state index is 0.0423. The Kier molecular flexibility index (Phi) is 4.39. The number of hydrogen-bond donors (Lipinski definition) is 2. The molecule has 0 aliphatic carbocycles.